The number of hydrogen-bond donors (Lipinski definition) is 3. The molecule has 7 nitrogen and oxygen atoms in total. The number of urea groups is 1. The van der Waals surface area contributed by atoms with Crippen molar-refractivity contribution in [3.63, 3.8) is 0 Å². The summed E-state index contributed by atoms with van der Waals surface area (Å²) in [6.07, 6.45) is 2.31. The van der Waals surface area contributed by atoms with Gasteiger partial charge in [-0.2, -0.15) is 0 Å². The first-order chi connectivity index (χ1) is 12.4. The Labute approximate surface area is 182 Å². The first-order valence-corrected chi connectivity index (χ1v) is 9.91. The molecule has 0 saturated carbocycles. The van der Waals surface area contributed by atoms with Gasteiger partial charge in [-0.05, 0) is 38.3 Å². The molecule has 27 heavy (non-hydrogen) atoms. The Balaban J connectivity index is 0.00000364. The monoisotopic (exact) mass is 507 g/mol. The summed E-state index contributed by atoms with van der Waals surface area (Å²) in [6, 6.07) is 3.98. The number of carbonyl (C=O) groups excluding carboxylic acids is 2. The van der Waals surface area contributed by atoms with Crippen molar-refractivity contribution >= 4 is 53.2 Å². The molecule has 1 aromatic rings. The Morgan fingerprint density at radius 3 is 2.52 bits per heavy atom. The van der Waals surface area contributed by atoms with E-state index in [1.54, 1.807) is 25.3 Å². The second-order valence-corrected chi connectivity index (χ2v) is 7.75. The van der Waals surface area contributed by atoms with Crippen molar-refractivity contribution in [2.24, 2.45) is 4.99 Å². The molecule has 0 bridgehead atoms. The van der Waals surface area contributed by atoms with Crippen molar-refractivity contribution in [2.75, 3.05) is 20.1 Å². The standard InChI is InChI=1S/C18H29N5O2S.HI/c1-5-13-8-9-14(26-13)12-21-16(19-4)20-10-7-11-23-15(24)18(3,6-2)22-17(23)25;/h8-9H,5-7,10-12H2,1-4H3,(H,22,25)(H2,19,20,21);1H. The topological polar surface area (TPSA) is 85.8 Å². The largest absolute Gasteiger partial charge is 0.356 e. The van der Waals surface area contributed by atoms with Gasteiger partial charge in [-0.15, -0.1) is 35.3 Å². The Bertz CT molecular complexity index is 678. The van der Waals surface area contributed by atoms with Crippen LogP contribution in [0, 0.1) is 0 Å². The second kappa shape index (κ2) is 10.8. The van der Waals surface area contributed by atoms with Crippen molar-refractivity contribution in [1.29, 1.82) is 0 Å². The summed E-state index contributed by atoms with van der Waals surface area (Å²) in [5, 5.41) is 9.27. The molecule has 0 aliphatic carbocycles. The first-order valence-electron chi connectivity index (χ1n) is 9.09. The van der Waals surface area contributed by atoms with Crippen LogP contribution in [0.3, 0.4) is 0 Å². The van der Waals surface area contributed by atoms with E-state index in [2.05, 4.69) is 40.0 Å². The summed E-state index contributed by atoms with van der Waals surface area (Å²) in [5.74, 6) is 0.573. The lowest BCUT2D eigenvalue weighted by Crippen LogP contribution is -2.43. The smallest absolute Gasteiger partial charge is 0.325 e. The fourth-order valence-electron chi connectivity index (χ4n) is 2.73. The van der Waals surface area contributed by atoms with Gasteiger partial charge in [0.15, 0.2) is 5.96 Å². The molecule has 3 amide bonds. The van der Waals surface area contributed by atoms with Gasteiger partial charge in [-0.25, -0.2) is 4.79 Å². The van der Waals surface area contributed by atoms with Crippen LogP contribution in [-0.4, -0.2) is 48.5 Å². The highest BCUT2D eigenvalue weighted by Crippen LogP contribution is 2.20. The summed E-state index contributed by atoms with van der Waals surface area (Å²) < 4.78 is 0. The molecule has 9 heteroatoms. The van der Waals surface area contributed by atoms with E-state index in [1.165, 1.54) is 14.7 Å². The number of thiophene rings is 1. The summed E-state index contributed by atoms with van der Waals surface area (Å²) in [4.78, 5) is 32.4. The maximum Gasteiger partial charge on any atom is 0.325 e. The van der Waals surface area contributed by atoms with Crippen LogP contribution in [-0.2, 0) is 17.8 Å². The van der Waals surface area contributed by atoms with Crippen LogP contribution in [0.4, 0.5) is 4.79 Å². The van der Waals surface area contributed by atoms with Gasteiger partial charge in [-0.3, -0.25) is 14.7 Å². The van der Waals surface area contributed by atoms with Gasteiger partial charge in [0.25, 0.3) is 5.91 Å². The molecule has 1 aliphatic rings. The van der Waals surface area contributed by atoms with E-state index in [0.717, 1.165) is 13.0 Å². The molecule has 0 spiro atoms. The van der Waals surface area contributed by atoms with E-state index in [1.807, 2.05) is 6.92 Å². The van der Waals surface area contributed by atoms with E-state index in [-0.39, 0.29) is 35.9 Å². The Morgan fingerprint density at radius 1 is 1.26 bits per heavy atom. The molecule has 2 rings (SSSR count). The van der Waals surface area contributed by atoms with Gasteiger partial charge < -0.3 is 16.0 Å². The Hall–Kier alpha value is -1.36. The molecular weight excluding hydrogens is 477 g/mol. The number of rotatable bonds is 8. The molecule has 1 fully saturated rings. The number of amides is 3. The van der Waals surface area contributed by atoms with Gasteiger partial charge in [0.05, 0.1) is 6.54 Å². The molecule has 1 saturated heterocycles. The van der Waals surface area contributed by atoms with Gasteiger partial charge in [0.2, 0.25) is 0 Å². The lowest BCUT2D eigenvalue weighted by molar-refractivity contribution is -0.130. The lowest BCUT2D eigenvalue weighted by atomic mass is 9.99. The van der Waals surface area contributed by atoms with Gasteiger partial charge in [0.1, 0.15) is 5.54 Å². The molecule has 1 aromatic heterocycles. The minimum absolute atomic E-state index is 0. The zero-order chi connectivity index (χ0) is 19.2. The number of nitrogens with one attached hydrogen (secondary N) is 3. The minimum atomic E-state index is -0.764. The van der Waals surface area contributed by atoms with Crippen molar-refractivity contribution < 1.29 is 9.59 Å². The molecular formula is C18H30IN5O2S. The van der Waals surface area contributed by atoms with Crippen molar-refractivity contribution in [1.82, 2.24) is 20.9 Å². The average molecular weight is 507 g/mol. The minimum Gasteiger partial charge on any atom is -0.356 e. The van der Waals surface area contributed by atoms with Crippen molar-refractivity contribution in [3.8, 4) is 0 Å². The lowest BCUT2D eigenvalue weighted by Gasteiger charge is -2.19. The van der Waals surface area contributed by atoms with Crippen LogP contribution in [0.15, 0.2) is 17.1 Å². The maximum absolute atomic E-state index is 12.3. The fraction of sp³-hybridized carbons (Fsp3) is 0.611. The van der Waals surface area contributed by atoms with Crippen LogP contribution < -0.4 is 16.0 Å². The summed E-state index contributed by atoms with van der Waals surface area (Å²) in [7, 11) is 1.73. The van der Waals surface area contributed by atoms with Crippen LogP contribution in [0.25, 0.3) is 0 Å². The average Bonchev–Trinajstić information content (AvgIpc) is 3.18. The zero-order valence-corrected chi connectivity index (χ0v) is 19.6. The second-order valence-electron chi connectivity index (χ2n) is 6.50. The first kappa shape index (κ1) is 23.7. The van der Waals surface area contributed by atoms with Crippen molar-refractivity contribution in [3.05, 3.63) is 21.9 Å². The van der Waals surface area contributed by atoms with E-state index < -0.39 is 5.54 Å². The van der Waals surface area contributed by atoms with Gasteiger partial charge in [-0.1, -0.05) is 13.8 Å². The highest BCUT2D eigenvalue weighted by Gasteiger charge is 2.45. The van der Waals surface area contributed by atoms with E-state index in [9.17, 15) is 9.59 Å². The van der Waals surface area contributed by atoms with Crippen LogP contribution in [0.5, 0.6) is 0 Å². The predicted molar refractivity (Wildman–Crippen MR) is 121 cm³/mol. The number of nitrogens with zero attached hydrogens (tertiary/aromatic N) is 2. The van der Waals surface area contributed by atoms with Crippen LogP contribution in [0.2, 0.25) is 0 Å². The summed E-state index contributed by atoms with van der Waals surface area (Å²) in [5.41, 5.74) is -0.764. The van der Waals surface area contributed by atoms with Crippen molar-refractivity contribution in [2.45, 2.75) is 52.1 Å². The number of carbonyl (C=O) groups is 2. The highest BCUT2D eigenvalue weighted by atomic mass is 127. The number of imide groups is 1. The predicted octanol–water partition coefficient (Wildman–Crippen LogP) is 2.70. The number of hydrogen-bond acceptors (Lipinski definition) is 4. The summed E-state index contributed by atoms with van der Waals surface area (Å²) in [6.45, 7) is 7.57. The number of halogens is 1. The van der Waals surface area contributed by atoms with Crippen LogP contribution in [0.1, 0.15) is 43.4 Å². The van der Waals surface area contributed by atoms with Gasteiger partial charge >= 0.3 is 6.03 Å². The van der Waals surface area contributed by atoms with E-state index in [4.69, 9.17) is 0 Å². The number of aryl methyl sites for hydroxylation is 1. The normalized spacial score (nSPS) is 19.7. The molecule has 2 heterocycles. The number of aliphatic imine (C=N–C) groups is 1. The zero-order valence-electron chi connectivity index (χ0n) is 16.4. The molecule has 1 unspecified atom stereocenters. The molecule has 1 aliphatic heterocycles. The quantitative estimate of drug-likeness (QED) is 0.166. The molecule has 0 radical (unpaired) electrons. The summed E-state index contributed by atoms with van der Waals surface area (Å²) >= 11 is 1.80. The molecule has 152 valence electrons. The SMILES string of the molecule is CCc1ccc(CNC(=NC)NCCCN2C(=O)NC(C)(CC)C2=O)s1.I. The third kappa shape index (κ3) is 6.06. The van der Waals surface area contributed by atoms with E-state index >= 15 is 0 Å². The third-order valence-corrected chi connectivity index (χ3v) is 5.85. The van der Waals surface area contributed by atoms with E-state index in [0.29, 0.717) is 31.9 Å². The molecule has 3 N–H and O–H groups in total. The third-order valence-electron chi connectivity index (χ3n) is 4.62. The van der Waals surface area contributed by atoms with Crippen LogP contribution >= 0.6 is 35.3 Å². The maximum atomic E-state index is 12.3. The highest BCUT2D eigenvalue weighted by molar-refractivity contribution is 14.0. The number of guanidine groups is 1. The van der Waals surface area contributed by atoms with Gasteiger partial charge in [0, 0.05) is 29.9 Å². The molecule has 1 atom stereocenters. The fourth-order valence-corrected chi connectivity index (χ4v) is 3.63. The Kier molecular flexibility index (Phi) is 9.51. The Morgan fingerprint density at radius 2 is 1.96 bits per heavy atom. The molecule has 0 aromatic carbocycles.